The highest BCUT2D eigenvalue weighted by Gasteiger charge is 2.34. The lowest BCUT2D eigenvalue weighted by Crippen LogP contribution is -2.24. The average Bonchev–Trinajstić information content (AvgIpc) is 3.39. The predicted molar refractivity (Wildman–Crippen MR) is 132 cm³/mol. The number of anilines is 1. The summed E-state index contributed by atoms with van der Waals surface area (Å²) in [7, 11) is 0. The van der Waals surface area contributed by atoms with Crippen LogP contribution in [0.25, 0.3) is 11.0 Å². The second-order valence-electron chi connectivity index (χ2n) is 8.87. The van der Waals surface area contributed by atoms with Gasteiger partial charge in [-0.05, 0) is 67.8 Å². The molecular weight excluding hydrogens is 429 g/mol. The van der Waals surface area contributed by atoms with Crippen LogP contribution in [-0.2, 0) is 11.3 Å². The van der Waals surface area contributed by atoms with E-state index in [-0.39, 0.29) is 17.6 Å². The third-order valence-corrected chi connectivity index (χ3v) is 6.33. The molecule has 34 heavy (non-hydrogen) atoms. The predicted octanol–water partition coefficient (Wildman–Crippen LogP) is 5.86. The number of amides is 1. The highest BCUT2D eigenvalue weighted by Crippen LogP contribution is 2.33. The van der Waals surface area contributed by atoms with E-state index in [0.29, 0.717) is 25.3 Å². The van der Waals surface area contributed by atoms with Crippen molar-refractivity contribution in [2.24, 2.45) is 0 Å². The fourth-order valence-corrected chi connectivity index (χ4v) is 4.68. The fourth-order valence-electron chi connectivity index (χ4n) is 4.68. The third kappa shape index (κ3) is 4.67. The van der Waals surface area contributed by atoms with E-state index in [1.54, 1.807) is 17.0 Å². The van der Waals surface area contributed by atoms with E-state index < -0.39 is 0 Å². The summed E-state index contributed by atoms with van der Waals surface area (Å²) < 4.78 is 21.9. The molecule has 4 aromatic rings. The van der Waals surface area contributed by atoms with Crippen LogP contribution in [0.1, 0.15) is 36.6 Å². The average molecular weight is 458 g/mol. The van der Waals surface area contributed by atoms with E-state index in [2.05, 4.69) is 23.6 Å². The molecule has 6 heteroatoms. The number of carbonyl (C=O) groups is 1. The van der Waals surface area contributed by atoms with Gasteiger partial charge in [-0.1, -0.05) is 30.3 Å². The fraction of sp³-hybridized carbons (Fsp3) is 0.286. The molecule has 1 amide bonds. The number of benzene rings is 3. The first-order chi connectivity index (χ1) is 16.6. The van der Waals surface area contributed by atoms with E-state index in [9.17, 15) is 9.18 Å². The summed E-state index contributed by atoms with van der Waals surface area (Å²) in [6.07, 6.45) is 2.22. The van der Waals surface area contributed by atoms with Gasteiger partial charge in [-0.2, -0.15) is 0 Å². The molecule has 1 unspecified atom stereocenters. The van der Waals surface area contributed by atoms with Crippen LogP contribution in [0.15, 0.2) is 72.8 Å². The minimum Gasteiger partial charge on any atom is -0.494 e. The highest BCUT2D eigenvalue weighted by molar-refractivity contribution is 5.96. The smallest absolute Gasteiger partial charge is 0.227 e. The maximum Gasteiger partial charge on any atom is 0.227 e. The second kappa shape index (κ2) is 9.67. The summed E-state index contributed by atoms with van der Waals surface area (Å²) >= 11 is 0. The van der Waals surface area contributed by atoms with Crippen LogP contribution in [0.4, 0.5) is 10.1 Å². The van der Waals surface area contributed by atoms with Crippen molar-refractivity contribution in [1.82, 2.24) is 9.55 Å². The van der Waals surface area contributed by atoms with E-state index in [4.69, 9.17) is 9.72 Å². The molecule has 0 aliphatic carbocycles. The summed E-state index contributed by atoms with van der Waals surface area (Å²) in [5, 5.41) is 0. The molecule has 1 atom stereocenters. The van der Waals surface area contributed by atoms with E-state index in [0.717, 1.165) is 42.0 Å². The maximum atomic E-state index is 13.7. The van der Waals surface area contributed by atoms with Gasteiger partial charge in [0, 0.05) is 31.1 Å². The standard InChI is InChI=1S/C28H28FN3O2/c1-20-8-6-11-24(16-20)34-15-5-4-14-31-26-13-3-2-12-25(26)30-28(31)21-17-27(33)32(19-21)23-10-7-9-22(29)18-23/h2-3,6-13,16,18,21H,4-5,14-15,17,19H2,1H3. The molecule has 0 bridgehead atoms. The number of ether oxygens (including phenoxy) is 1. The van der Waals surface area contributed by atoms with Crippen molar-refractivity contribution in [2.75, 3.05) is 18.1 Å². The Hall–Kier alpha value is -3.67. The normalized spacial score (nSPS) is 15.9. The summed E-state index contributed by atoms with van der Waals surface area (Å²) in [6, 6.07) is 22.4. The van der Waals surface area contributed by atoms with Crippen LogP contribution in [0.5, 0.6) is 5.75 Å². The van der Waals surface area contributed by atoms with Gasteiger partial charge in [-0.15, -0.1) is 0 Å². The number of imidazole rings is 1. The highest BCUT2D eigenvalue weighted by atomic mass is 19.1. The monoisotopic (exact) mass is 457 g/mol. The third-order valence-electron chi connectivity index (χ3n) is 6.33. The number of hydrogen-bond acceptors (Lipinski definition) is 3. The molecule has 1 saturated heterocycles. The van der Waals surface area contributed by atoms with E-state index in [1.165, 1.54) is 17.7 Å². The van der Waals surface area contributed by atoms with E-state index >= 15 is 0 Å². The summed E-state index contributed by atoms with van der Waals surface area (Å²) in [6.45, 7) is 4.02. The lowest BCUT2D eigenvalue weighted by molar-refractivity contribution is -0.117. The number of nitrogens with zero attached hydrogens (tertiary/aromatic N) is 3. The number of aromatic nitrogens is 2. The van der Waals surface area contributed by atoms with E-state index in [1.807, 2.05) is 36.4 Å². The lowest BCUT2D eigenvalue weighted by atomic mass is 10.1. The van der Waals surface area contributed by atoms with Crippen LogP contribution in [0.3, 0.4) is 0 Å². The minimum atomic E-state index is -0.339. The molecular formula is C28H28FN3O2. The first-order valence-electron chi connectivity index (χ1n) is 11.8. The van der Waals surface area contributed by atoms with Gasteiger partial charge in [-0.3, -0.25) is 4.79 Å². The number of para-hydroxylation sites is 2. The summed E-state index contributed by atoms with van der Waals surface area (Å²) in [5.74, 6) is 1.45. The van der Waals surface area contributed by atoms with Crippen LogP contribution in [-0.4, -0.2) is 28.6 Å². The lowest BCUT2D eigenvalue weighted by Gasteiger charge is -2.17. The molecule has 2 heterocycles. The molecule has 1 aromatic heterocycles. The zero-order valence-electron chi connectivity index (χ0n) is 19.3. The number of carbonyl (C=O) groups excluding carboxylic acids is 1. The molecule has 5 rings (SSSR count). The molecule has 1 fully saturated rings. The molecule has 3 aromatic carbocycles. The van der Waals surface area contributed by atoms with Crippen molar-refractivity contribution >= 4 is 22.6 Å². The summed E-state index contributed by atoms with van der Waals surface area (Å²) in [5.41, 5.74) is 3.80. The molecule has 0 radical (unpaired) electrons. The Bertz CT molecular complexity index is 1320. The molecule has 1 aliphatic heterocycles. The number of hydrogen-bond donors (Lipinski definition) is 0. The molecule has 0 N–H and O–H groups in total. The number of fused-ring (bicyclic) bond motifs is 1. The quantitative estimate of drug-likeness (QED) is 0.311. The summed E-state index contributed by atoms with van der Waals surface area (Å²) in [4.78, 5) is 19.4. The maximum absolute atomic E-state index is 13.7. The zero-order valence-corrected chi connectivity index (χ0v) is 19.3. The molecule has 0 saturated carbocycles. The number of rotatable bonds is 8. The first kappa shape index (κ1) is 22.1. The van der Waals surface area contributed by atoms with Gasteiger partial charge in [0.15, 0.2) is 0 Å². The van der Waals surface area contributed by atoms with Gasteiger partial charge >= 0.3 is 0 Å². The Morgan fingerprint density at radius 1 is 1.03 bits per heavy atom. The Morgan fingerprint density at radius 2 is 1.88 bits per heavy atom. The number of aryl methyl sites for hydroxylation is 2. The largest absolute Gasteiger partial charge is 0.494 e. The van der Waals surface area contributed by atoms with Crippen molar-refractivity contribution in [2.45, 2.75) is 38.6 Å². The van der Waals surface area contributed by atoms with Crippen molar-refractivity contribution < 1.29 is 13.9 Å². The zero-order chi connectivity index (χ0) is 23.5. The van der Waals surface area contributed by atoms with Crippen molar-refractivity contribution in [3.8, 4) is 5.75 Å². The van der Waals surface area contributed by atoms with Gasteiger partial charge < -0.3 is 14.2 Å². The Morgan fingerprint density at radius 3 is 2.74 bits per heavy atom. The molecule has 1 aliphatic rings. The van der Waals surface area contributed by atoms with Crippen molar-refractivity contribution in [3.63, 3.8) is 0 Å². The van der Waals surface area contributed by atoms with Gasteiger partial charge in [0.25, 0.3) is 0 Å². The van der Waals surface area contributed by atoms with Crippen LogP contribution >= 0.6 is 0 Å². The van der Waals surface area contributed by atoms with Crippen molar-refractivity contribution in [1.29, 1.82) is 0 Å². The van der Waals surface area contributed by atoms with Gasteiger partial charge in [0.1, 0.15) is 17.4 Å². The van der Waals surface area contributed by atoms with Gasteiger partial charge in [-0.25, -0.2) is 9.37 Å². The Balaban J connectivity index is 1.30. The van der Waals surface area contributed by atoms with Gasteiger partial charge in [0.05, 0.1) is 17.6 Å². The SMILES string of the molecule is Cc1cccc(OCCCCn2c(C3CC(=O)N(c4cccc(F)c4)C3)nc3ccccc32)c1. The number of unbranched alkanes of at least 4 members (excludes halogenated alkanes) is 1. The van der Waals surface area contributed by atoms with Crippen LogP contribution in [0, 0.1) is 12.7 Å². The molecule has 5 nitrogen and oxygen atoms in total. The van der Waals surface area contributed by atoms with Crippen molar-refractivity contribution in [3.05, 3.63) is 90.0 Å². The van der Waals surface area contributed by atoms with Crippen LogP contribution < -0.4 is 9.64 Å². The number of halogens is 1. The molecule has 174 valence electrons. The van der Waals surface area contributed by atoms with Gasteiger partial charge in [0.2, 0.25) is 5.91 Å². The topological polar surface area (TPSA) is 47.4 Å². The Kier molecular flexibility index (Phi) is 6.30. The Labute approximate surface area is 198 Å². The first-order valence-corrected chi connectivity index (χ1v) is 11.8. The van der Waals surface area contributed by atoms with Crippen LogP contribution in [0.2, 0.25) is 0 Å². The minimum absolute atomic E-state index is 0.000704. The molecule has 0 spiro atoms. The second-order valence-corrected chi connectivity index (χ2v) is 8.87.